The van der Waals surface area contributed by atoms with Crippen molar-refractivity contribution in [1.29, 1.82) is 0 Å². The lowest BCUT2D eigenvalue weighted by atomic mass is 10.0. The van der Waals surface area contributed by atoms with E-state index in [1.807, 2.05) is 19.1 Å². The van der Waals surface area contributed by atoms with E-state index in [-0.39, 0.29) is 0 Å². The number of carbonyl (C=O) groups is 1. The zero-order valence-corrected chi connectivity index (χ0v) is 10.6. The summed E-state index contributed by atoms with van der Waals surface area (Å²) < 4.78 is 5.14. The van der Waals surface area contributed by atoms with Gasteiger partial charge in [0, 0.05) is 0 Å². The van der Waals surface area contributed by atoms with Crippen molar-refractivity contribution in [1.82, 2.24) is 0 Å². The van der Waals surface area contributed by atoms with E-state index in [1.54, 1.807) is 0 Å². The fourth-order valence-electron chi connectivity index (χ4n) is 1.58. The summed E-state index contributed by atoms with van der Waals surface area (Å²) in [5.74, 6) is 0. The van der Waals surface area contributed by atoms with Crippen molar-refractivity contribution in [3.05, 3.63) is 41.7 Å². The summed E-state index contributed by atoms with van der Waals surface area (Å²) in [4.78, 5) is 10.9. The first-order valence-electron chi connectivity index (χ1n) is 6.18. The first-order valence-corrected chi connectivity index (χ1v) is 6.18. The maximum Gasteiger partial charge on any atom is 0.153 e. The van der Waals surface area contributed by atoms with Gasteiger partial charge in [-0.3, -0.25) is 4.79 Å². The molecule has 0 amide bonds. The zero-order valence-electron chi connectivity index (χ0n) is 10.6. The molecule has 0 radical (unpaired) electrons. The van der Waals surface area contributed by atoms with Gasteiger partial charge in [0.05, 0.1) is 18.4 Å². The van der Waals surface area contributed by atoms with Gasteiger partial charge in [-0.25, -0.2) is 0 Å². The van der Waals surface area contributed by atoms with Gasteiger partial charge in [0.15, 0.2) is 6.29 Å². The first-order chi connectivity index (χ1) is 8.31. The third kappa shape index (κ3) is 4.43. The minimum absolute atomic E-state index is 0.575. The highest BCUT2D eigenvalue weighted by Crippen LogP contribution is 2.14. The van der Waals surface area contributed by atoms with Crippen LogP contribution in [-0.4, -0.2) is 12.9 Å². The molecular formula is C15H20O2. The van der Waals surface area contributed by atoms with Crippen molar-refractivity contribution in [2.75, 3.05) is 6.61 Å². The normalized spacial score (nSPS) is 11.3. The summed E-state index contributed by atoms with van der Waals surface area (Å²) in [7, 11) is 0. The van der Waals surface area contributed by atoms with Crippen LogP contribution in [0, 0.1) is 0 Å². The third-order valence-corrected chi connectivity index (χ3v) is 2.61. The molecule has 0 fully saturated rings. The molecule has 2 heteroatoms. The Morgan fingerprint density at radius 3 is 2.47 bits per heavy atom. The third-order valence-electron chi connectivity index (χ3n) is 2.61. The van der Waals surface area contributed by atoms with Crippen molar-refractivity contribution in [2.45, 2.75) is 33.1 Å². The topological polar surface area (TPSA) is 26.3 Å². The van der Waals surface area contributed by atoms with E-state index in [9.17, 15) is 4.79 Å². The van der Waals surface area contributed by atoms with E-state index in [0.29, 0.717) is 12.2 Å². The number of unbranched alkanes of at least 4 members (excludes halogenated alkanes) is 1. The second kappa shape index (κ2) is 7.66. The molecule has 0 spiro atoms. The van der Waals surface area contributed by atoms with E-state index < -0.39 is 0 Å². The van der Waals surface area contributed by atoms with E-state index in [1.165, 1.54) is 24.7 Å². The molecule has 0 aliphatic carbocycles. The van der Waals surface area contributed by atoms with E-state index in [0.717, 1.165) is 18.3 Å². The number of allylic oxidation sites excluding steroid dienone is 1. The lowest BCUT2D eigenvalue weighted by molar-refractivity contribution is -0.103. The van der Waals surface area contributed by atoms with Gasteiger partial charge >= 0.3 is 0 Å². The van der Waals surface area contributed by atoms with Gasteiger partial charge in [-0.15, -0.1) is 0 Å². The van der Waals surface area contributed by atoms with Crippen LogP contribution in [0.5, 0.6) is 0 Å². The molecule has 0 atom stereocenters. The smallest absolute Gasteiger partial charge is 0.153 e. The van der Waals surface area contributed by atoms with Crippen molar-refractivity contribution >= 4 is 11.9 Å². The lowest BCUT2D eigenvalue weighted by Crippen LogP contribution is -1.90. The number of ether oxygens (including phenoxy) is 1. The molecule has 0 heterocycles. The summed E-state index contributed by atoms with van der Waals surface area (Å²) >= 11 is 0. The largest absolute Gasteiger partial charge is 0.501 e. The average molecular weight is 232 g/mol. The van der Waals surface area contributed by atoms with Crippen LogP contribution in [0.1, 0.15) is 37.8 Å². The number of carbonyl (C=O) groups excluding carboxylic acids is 1. The number of benzene rings is 1. The Morgan fingerprint density at radius 1 is 1.24 bits per heavy atom. The van der Waals surface area contributed by atoms with Crippen LogP contribution in [0.2, 0.25) is 0 Å². The summed E-state index contributed by atoms with van der Waals surface area (Å²) in [6.45, 7) is 4.66. The summed E-state index contributed by atoms with van der Waals surface area (Å²) in [5.41, 5.74) is 2.82. The van der Waals surface area contributed by atoms with Crippen LogP contribution in [0.25, 0.3) is 5.57 Å². The Labute approximate surface area is 103 Å². The molecule has 1 rings (SSSR count). The summed E-state index contributed by atoms with van der Waals surface area (Å²) in [5, 5.41) is 0. The number of rotatable bonds is 7. The molecule has 0 saturated carbocycles. The van der Waals surface area contributed by atoms with Crippen LogP contribution >= 0.6 is 0 Å². The van der Waals surface area contributed by atoms with Gasteiger partial charge < -0.3 is 4.74 Å². The highest BCUT2D eigenvalue weighted by molar-refractivity contribution is 6.06. The minimum atomic E-state index is 0.575. The number of hydrogen-bond donors (Lipinski definition) is 0. The standard InChI is InChI=1S/C15H20O2/c1-3-5-6-13-7-9-14(10-8-13)15(11-16)12-17-4-2/h7-12H,3-6H2,1-2H3. The fourth-order valence-corrected chi connectivity index (χ4v) is 1.58. The minimum Gasteiger partial charge on any atom is -0.501 e. The Balaban J connectivity index is 2.74. The van der Waals surface area contributed by atoms with Gasteiger partial charge in [-0.1, -0.05) is 37.6 Å². The molecule has 0 aliphatic heterocycles. The monoisotopic (exact) mass is 232 g/mol. The molecule has 17 heavy (non-hydrogen) atoms. The molecule has 92 valence electrons. The molecular weight excluding hydrogens is 212 g/mol. The highest BCUT2D eigenvalue weighted by Gasteiger charge is 2.01. The molecule has 0 saturated heterocycles. The Kier molecular flexibility index (Phi) is 6.08. The summed E-state index contributed by atoms with van der Waals surface area (Å²) in [6, 6.07) is 8.11. The van der Waals surface area contributed by atoms with Gasteiger partial charge in [0.1, 0.15) is 0 Å². The van der Waals surface area contributed by atoms with Gasteiger partial charge in [0.25, 0.3) is 0 Å². The Bertz CT molecular complexity index is 363. The molecule has 0 unspecified atom stereocenters. The van der Waals surface area contributed by atoms with Crippen molar-refractivity contribution in [3.63, 3.8) is 0 Å². The lowest BCUT2D eigenvalue weighted by Gasteiger charge is -2.04. The second-order valence-electron chi connectivity index (χ2n) is 3.95. The van der Waals surface area contributed by atoms with Gasteiger partial charge in [-0.05, 0) is 30.9 Å². The van der Waals surface area contributed by atoms with Crippen molar-refractivity contribution in [2.24, 2.45) is 0 Å². The number of hydrogen-bond acceptors (Lipinski definition) is 2. The molecule has 0 bridgehead atoms. The van der Waals surface area contributed by atoms with Crippen molar-refractivity contribution in [3.8, 4) is 0 Å². The van der Waals surface area contributed by atoms with Crippen LogP contribution < -0.4 is 0 Å². The number of aldehydes is 1. The molecule has 1 aromatic carbocycles. The summed E-state index contributed by atoms with van der Waals surface area (Å²) in [6.07, 6.45) is 5.85. The molecule has 1 aromatic rings. The quantitative estimate of drug-likeness (QED) is 0.408. The maximum atomic E-state index is 10.9. The van der Waals surface area contributed by atoms with Crippen molar-refractivity contribution < 1.29 is 9.53 Å². The molecule has 0 aromatic heterocycles. The Hall–Kier alpha value is -1.57. The van der Waals surface area contributed by atoms with E-state index in [4.69, 9.17) is 4.74 Å². The molecule has 0 N–H and O–H groups in total. The van der Waals surface area contributed by atoms with Gasteiger partial charge in [0.2, 0.25) is 0 Å². The van der Waals surface area contributed by atoms with Crippen LogP contribution in [0.4, 0.5) is 0 Å². The average Bonchev–Trinajstić information content (AvgIpc) is 2.38. The fraction of sp³-hybridized carbons (Fsp3) is 0.400. The van der Waals surface area contributed by atoms with Crippen LogP contribution in [-0.2, 0) is 16.0 Å². The molecule has 0 aliphatic rings. The number of aryl methyl sites for hydroxylation is 1. The predicted molar refractivity (Wildman–Crippen MR) is 70.7 cm³/mol. The SMILES string of the molecule is CCCCc1ccc(C(C=O)=COCC)cc1. The first kappa shape index (κ1) is 13.5. The second-order valence-corrected chi connectivity index (χ2v) is 3.95. The Morgan fingerprint density at radius 2 is 1.94 bits per heavy atom. The van der Waals surface area contributed by atoms with Crippen LogP contribution in [0.15, 0.2) is 30.5 Å². The van der Waals surface area contributed by atoms with E-state index in [2.05, 4.69) is 19.1 Å². The molecule has 2 nitrogen and oxygen atoms in total. The zero-order chi connectivity index (χ0) is 12.5. The highest BCUT2D eigenvalue weighted by atomic mass is 16.5. The van der Waals surface area contributed by atoms with Gasteiger partial charge in [-0.2, -0.15) is 0 Å². The predicted octanol–water partition coefficient (Wildman–Crippen LogP) is 3.61. The van der Waals surface area contributed by atoms with E-state index >= 15 is 0 Å². The van der Waals surface area contributed by atoms with Crippen LogP contribution in [0.3, 0.4) is 0 Å². The maximum absolute atomic E-state index is 10.9.